The van der Waals surface area contributed by atoms with E-state index in [1.54, 1.807) is 25.1 Å². The zero-order chi connectivity index (χ0) is 17.1. The van der Waals surface area contributed by atoms with Crippen LogP contribution in [0.2, 0.25) is 0 Å². The van der Waals surface area contributed by atoms with E-state index in [-0.39, 0.29) is 17.2 Å². The molecule has 2 aliphatic heterocycles. The van der Waals surface area contributed by atoms with Crippen LogP contribution in [0.15, 0.2) is 51.1 Å². The number of hydrazone groups is 1. The van der Waals surface area contributed by atoms with Crippen LogP contribution >= 0.6 is 11.8 Å². The molecule has 1 unspecified atom stereocenters. The van der Waals surface area contributed by atoms with E-state index in [0.29, 0.717) is 22.1 Å². The van der Waals surface area contributed by atoms with Crippen LogP contribution in [0.3, 0.4) is 0 Å². The van der Waals surface area contributed by atoms with E-state index in [1.807, 2.05) is 0 Å². The van der Waals surface area contributed by atoms with Gasteiger partial charge in [0.2, 0.25) is 0 Å². The second kappa shape index (κ2) is 6.79. The van der Waals surface area contributed by atoms with Crippen LogP contribution in [0, 0.1) is 0 Å². The lowest BCUT2D eigenvalue weighted by Gasteiger charge is -2.22. The Balaban J connectivity index is 1.68. The molecule has 0 bridgehead atoms. The molecule has 1 aromatic carbocycles. The summed E-state index contributed by atoms with van der Waals surface area (Å²) in [6, 6.07) is 5.90. The van der Waals surface area contributed by atoms with Crippen LogP contribution in [0.4, 0.5) is 0 Å². The Labute approximate surface area is 142 Å². The van der Waals surface area contributed by atoms with Gasteiger partial charge in [0.15, 0.2) is 11.8 Å². The Bertz CT molecular complexity index is 826. The first-order chi connectivity index (χ1) is 11.5. The van der Waals surface area contributed by atoms with Crippen molar-refractivity contribution < 1.29 is 14.7 Å². The molecule has 2 N–H and O–H groups in total. The minimum atomic E-state index is -0.727. The number of nitrogens with one attached hydrogen (secondary N) is 1. The van der Waals surface area contributed by atoms with Gasteiger partial charge >= 0.3 is 0 Å². The maximum Gasteiger partial charge on any atom is 0.286 e. The predicted molar refractivity (Wildman–Crippen MR) is 93.7 cm³/mol. The molecule has 0 aromatic heterocycles. The third-order valence-corrected chi connectivity index (χ3v) is 4.38. The van der Waals surface area contributed by atoms with Crippen LogP contribution < -0.4 is 5.43 Å². The molecule has 24 heavy (non-hydrogen) atoms. The molecule has 0 aliphatic carbocycles. The van der Waals surface area contributed by atoms with Crippen molar-refractivity contribution >= 4 is 40.4 Å². The van der Waals surface area contributed by atoms with E-state index in [2.05, 4.69) is 20.5 Å². The summed E-state index contributed by atoms with van der Waals surface area (Å²) in [4.78, 5) is 32.6. The molecule has 1 atom stereocenters. The number of hydrogen-bond donors (Lipinski definition) is 2. The highest BCUT2D eigenvalue weighted by Gasteiger charge is 2.32. The Hall–Kier alpha value is -2.74. The van der Waals surface area contributed by atoms with Gasteiger partial charge in [0.25, 0.3) is 5.91 Å². The van der Waals surface area contributed by atoms with E-state index in [4.69, 9.17) is 0 Å². The predicted octanol–water partition coefficient (Wildman–Crippen LogP) is 1.28. The van der Waals surface area contributed by atoms with Gasteiger partial charge in [-0.05, 0) is 19.1 Å². The average Bonchev–Trinajstić information content (AvgIpc) is 2.56. The lowest BCUT2D eigenvalue weighted by Crippen LogP contribution is -2.39. The summed E-state index contributed by atoms with van der Waals surface area (Å²) in [5.74, 6) is -0.259. The zero-order valence-electron chi connectivity index (χ0n) is 12.8. The largest absolute Gasteiger partial charge is 0.507 e. The minimum Gasteiger partial charge on any atom is -0.507 e. The summed E-state index contributed by atoms with van der Waals surface area (Å²) >= 11 is 1.33. The van der Waals surface area contributed by atoms with Gasteiger partial charge in [-0.25, -0.2) is 10.4 Å². The molecule has 1 aromatic rings. The third kappa shape index (κ3) is 3.43. The van der Waals surface area contributed by atoms with Gasteiger partial charge in [-0.15, -0.1) is 11.8 Å². The fraction of sp³-hybridized carbons (Fsp3) is 0.188. The highest BCUT2D eigenvalue weighted by Crippen LogP contribution is 2.23. The van der Waals surface area contributed by atoms with Crippen LogP contribution in [0.5, 0.6) is 5.75 Å². The number of aliphatic imine (C=N–C) groups is 2. The van der Waals surface area contributed by atoms with Crippen molar-refractivity contribution in [1.82, 2.24) is 5.43 Å². The number of aromatic hydroxyl groups is 1. The number of hydrogen-bond acceptors (Lipinski definition) is 7. The Kier molecular flexibility index (Phi) is 4.57. The number of carbonyl (C=O) groups excluding carboxylic acids is 2. The van der Waals surface area contributed by atoms with Gasteiger partial charge < -0.3 is 5.11 Å². The van der Waals surface area contributed by atoms with Crippen molar-refractivity contribution in [3.05, 3.63) is 41.6 Å². The van der Waals surface area contributed by atoms with Crippen LogP contribution in [-0.4, -0.2) is 45.6 Å². The van der Waals surface area contributed by atoms with E-state index in [0.717, 1.165) is 0 Å². The van der Waals surface area contributed by atoms with Gasteiger partial charge in [-0.2, -0.15) is 5.10 Å². The second-order valence-corrected chi connectivity index (χ2v) is 6.16. The van der Waals surface area contributed by atoms with E-state index < -0.39 is 11.9 Å². The molecule has 0 saturated heterocycles. The lowest BCUT2D eigenvalue weighted by atomic mass is 10.1. The summed E-state index contributed by atoms with van der Waals surface area (Å²) in [6.07, 6.45) is 2.77. The van der Waals surface area contributed by atoms with Crippen molar-refractivity contribution in [1.29, 1.82) is 0 Å². The molecular weight excluding hydrogens is 328 g/mol. The number of para-hydroxylation sites is 1. The number of ketones is 1. The number of nitrogens with zero attached hydrogens (tertiary/aromatic N) is 3. The first-order valence-corrected chi connectivity index (χ1v) is 8.15. The standard InChI is InChI=1S/C16H14N4O3S/c1-9-6-13(22)14-16(18-9)24-8-11(19-14)15(23)20-17-7-10-4-2-3-5-12(10)21/h2-7,14,21H,8H2,1H3,(H,20,23). The minimum absolute atomic E-state index is 0.0666. The number of carbonyl (C=O) groups is 2. The summed E-state index contributed by atoms with van der Waals surface area (Å²) in [5.41, 5.74) is 3.72. The van der Waals surface area contributed by atoms with Crippen molar-refractivity contribution in [2.24, 2.45) is 15.1 Å². The van der Waals surface area contributed by atoms with Gasteiger partial charge in [0, 0.05) is 23.1 Å². The molecular formula is C16H14N4O3S. The van der Waals surface area contributed by atoms with Crippen LogP contribution in [-0.2, 0) is 9.59 Å². The highest BCUT2D eigenvalue weighted by molar-refractivity contribution is 8.14. The fourth-order valence-electron chi connectivity index (χ4n) is 2.19. The molecule has 1 amide bonds. The molecule has 7 nitrogen and oxygen atoms in total. The summed E-state index contributed by atoms with van der Waals surface area (Å²) in [5, 5.41) is 14.0. The van der Waals surface area contributed by atoms with Gasteiger partial charge in [0.05, 0.1) is 6.21 Å². The van der Waals surface area contributed by atoms with E-state index in [1.165, 1.54) is 30.1 Å². The second-order valence-electron chi connectivity index (χ2n) is 5.16. The fourth-order valence-corrected chi connectivity index (χ4v) is 3.21. The number of amides is 1. The maximum absolute atomic E-state index is 12.1. The smallest absolute Gasteiger partial charge is 0.286 e. The monoisotopic (exact) mass is 342 g/mol. The molecule has 0 saturated carbocycles. The van der Waals surface area contributed by atoms with Crippen molar-refractivity contribution in [3.8, 4) is 5.75 Å². The molecule has 2 aliphatic rings. The SMILES string of the molecule is CC1=CC(=O)C2N=C(C(=O)NN=Cc3ccccc3O)CSC2=N1. The third-order valence-electron chi connectivity index (χ3n) is 3.35. The van der Waals surface area contributed by atoms with Gasteiger partial charge in [0.1, 0.15) is 16.5 Å². The topological polar surface area (TPSA) is 103 Å². The lowest BCUT2D eigenvalue weighted by molar-refractivity contribution is -0.114. The Morgan fingerprint density at radius 3 is 3.04 bits per heavy atom. The van der Waals surface area contributed by atoms with Crippen LogP contribution in [0.25, 0.3) is 0 Å². The molecule has 0 spiro atoms. The first kappa shape index (κ1) is 16.1. The van der Waals surface area contributed by atoms with Gasteiger partial charge in [-0.1, -0.05) is 12.1 Å². The number of phenols is 1. The number of rotatable bonds is 3. The van der Waals surface area contributed by atoms with E-state index >= 15 is 0 Å². The number of allylic oxidation sites excluding steroid dienone is 1. The van der Waals surface area contributed by atoms with Gasteiger partial charge in [-0.3, -0.25) is 14.6 Å². The number of fused-ring (bicyclic) bond motifs is 1. The molecule has 0 radical (unpaired) electrons. The van der Waals surface area contributed by atoms with Crippen molar-refractivity contribution in [2.75, 3.05) is 5.75 Å². The first-order valence-electron chi connectivity index (χ1n) is 7.16. The van der Waals surface area contributed by atoms with E-state index in [9.17, 15) is 14.7 Å². The summed E-state index contributed by atoms with van der Waals surface area (Å²) in [7, 11) is 0. The number of benzene rings is 1. The molecule has 2 heterocycles. The zero-order valence-corrected chi connectivity index (χ0v) is 13.6. The summed E-state index contributed by atoms with van der Waals surface area (Å²) in [6.45, 7) is 1.75. The van der Waals surface area contributed by atoms with Crippen LogP contribution in [0.1, 0.15) is 12.5 Å². The summed E-state index contributed by atoms with van der Waals surface area (Å²) < 4.78 is 0. The Morgan fingerprint density at radius 2 is 2.25 bits per heavy atom. The average molecular weight is 342 g/mol. The quantitative estimate of drug-likeness (QED) is 0.638. The number of phenolic OH excluding ortho intramolecular Hbond substituents is 1. The molecule has 122 valence electrons. The molecule has 3 rings (SSSR count). The number of thioether (sulfide) groups is 1. The maximum atomic E-state index is 12.1. The highest BCUT2D eigenvalue weighted by atomic mass is 32.2. The van der Waals surface area contributed by atoms with Crippen molar-refractivity contribution in [2.45, 2.75) is 13.0 Å². The Morgan fingerprint density at radius 1 is 1.46 bits per heavy atom. The normalized spacial score (nSPS) is 20.1. The molecule has 0 fully saturated rings. The van der Waals surface area contributed by atoms with Crippen molar-refractivity contribution in [3.63, 3.8) is 0 Å². The molecule has 8 heteroatoms.